The minimum Gasteiger partial charge on any atom is -0.480 e. The fraction of sp³-hybridized carbons (Fsp3) is 0.800. The highest BCUT2D eigenvalue weighted by molar-refractivity contribution is 5.98. The summed E-state index contributed by atoms with van der Waals surface area (Å²) in [5.74, 6) is -8.04. The molecule has 7 amide bonds. The topological polar surface area (TPSA) is 557 Å². The number of carboxylic acid groups (broad SMARTS) is 1. The fourth-order valence-electron chi connectivity index (χ4n) is 9.83. The molecule has 0 saturated carbocycles. The van der Waals surface area contributed by atoms with Gasteiger partial charge in [0.1, 0.15) is 42.3 Å². The second kappa shape index (κ2) is 50.4. The second-order valence-corrected chi connectivity index (χ2v) is 24.2. The summed E-state index contributed by atoms with van der Waals surface area (Å²) >= 11 is 0. The van der Waals surface area contributed by atoms with Gasteiger partial charge in [-0.05, 0) is 122 Å². The number of amides is 7. The van der Waals surface area contributed by atoms with E-state index in [1.54, 1.807) is 27.7 Å². The van der Waals surface area contributed by atoms with Crippen molar-refractivity contribution in [3.63, 3.8) is 0 Å². The average molecular weight is 1290 g/mol. The molecule has 91 heavy (non-hydrogen) atoms. The molecule has 28 N–H and O–H groups in total. The van der Waals surface area contributed by atoms with Crippen molar-refractivity contribution < 1.29 is 48.6 Å². The highest BCUT2D eigenvalue weighted by Gasteiger charge is 2.36. The molecule has 0 aromatic heterocycles. The molecule has 0 unspecified atom stereocenters. The van der Waals surface area contributed by atoms with Gasteiger partial charge >= 0.3 is 5.97 Å². The van der Waals surface area contributed by atoms with E-state index in [2.05, 4.69) is 69.4 Å². The molecule has 0 heterocycles. The van der Waals surface area contributed by atoms with Crippen LogP contribution in [0, 0.1) is 11.8 Å². The second-order valence-electron chi connectivity index (χ2n) is 24.2. The smallest absolute Gasteiger partial charge is 0.326 e. The SMILES string of the molecule is CCCCCCCCCCCCCCN[C@@H](CCCN=C(N)N)C(=O)N[C@@H](CCCCN)C(=O)N[C@@H](CCCN=C(N)N)C(=O)N[C@H](C(=O)N[C@@H](CC(C)C)C(=O)N[C@@H](CCCN=C(N)N)C(=O)N[C@@H](CCCN=C(N)N)C(=O)N[C@@H](CC(C)C)C(=O)O)[C@@H](C)O. The third-order valence-corrected chi connectivity index (χ3v) is 14.7. The van der Waals surface area contributed by atoms with Crippen LogP contribution in [0.1, 0.15) is 202 Å². The predicted octanol–water partition coefficient (Wildman–Crippen LogP) is -1.06. The number of guanidine groups is 4. The summed E-state index contributed by atoms with van der Waals surface area (Å²) in [5, 5.41) is 43.0. The normalized spacial score (nSPS) is 14.1. The predicted molar refractivity (Wildman–Crippen MR) is 357 cm³/mol. The Morgan fingerprint density at radius 2 is 0.659 bits per heavy atom. The number of aliphatic carboxylic acids is 1. The summed E-state index contributed by atoms with van der Waals surface area (Å²) in [5.41, 5.74) is 50.2. The number of rotatable bonds is 54. The number of hydrogen-bond acceptors (Lipinski definition) is 15. The molecule has 0 aliphatic rings. The summed E-state index contributed by atoms with van der Waals surface area (Å²) in [6.45, 7) is 11.8. The molecule has 0 radical (unpaired) electrons. The zero-order valence-corrected chi connectivity index (χ0v) is 55.4. The van der Waals surface area contributed by atoms with E-state index in [1.807, 2.05) is 0 Å². The fourth-order valence-corrected chi connectivity index (χ4v) is 9.83. The summed E-state index contributed by atoms with van der Waals surface area (Å²) in [6, 6.07) is -10.4. The van der Waals surface area contributed by atoms with E-state index in [4.69, 9.17) is 51.6 Å². The number of aliphatic hydroxyl groups is 1. The van der Waals surface area contributed by atoms with E-state index in [-0.39, 0.29) is 120 Å². The Hall–Kier alpha value is -7.28. The Bertz CT molecular complexity index is 2240. The van der Waals surface area contributed by atoms with Crippen molar-refractivity contribution in [3.05, 3.63) is 0 Å². The first kappa shape index (κ1) is 83.7. The molecule has 524 valence electrons. The van der Waals surface area contributed by atoms with Crippen molar-refractivity contribution in [2.75, 3.05) is 39.3 Å². The van der Waals surface area contributed by atoms with Crippen LogP contribution in [0.2, 0.25) is 0 Å². The van der Waals surface area contributed by atoms with Crippen LogP contribution in [0.25, 0.3) is 0 Å². The van der Waals surface area contributed by atoms with Gasteiger partial charge in [0.25, 0.3) is 0 Å². The number of carboxylic acids is 1. The first-order chi connectivity index (χ1) is 43.1. The van der Waals surface area contributed by atoms with Gasteiger partial charge < -0.3 is 104 Å². The number of nitrogens with one attached hydrogen (secondary N) is 8. The number of aliphatic imine (C=N–C) groups is 4. The lowest BCUT2D eigenvalue weighted by Gasteiger charge is -2.29. The van der Waals surface area contributed by atoms with Crippen LogP contribution in [0.15, 0.2) is 20.0 Å². The maximum atomic E-state index is 14.4. The summed E-state index contributed by atoms with van der Waals surface area (Å²) in [6.07, 6.45) is 14.7. The lowest BCUT2D eigenvalue weighted by molar-refractivity contribution is -0.143. The molecule has 0 saturated heterocycles. The maximum absolute atomic E-state index is 14.4. The minimum atomic E-state index is -1.73. The van der Waals surface area contributed by atoms with Gasteiger partial charge in [0.2, 0.25) is 41.4 Å². The van der Waals surface area contributed by atoms with Gasteiger partial charge in [-0.2, -0.15) is 0 Å². The standard InChI is InChI=1S/C60H119N21O10/c1-7-8-9-10-11-12-13-14-15-16-17-20-31-70-41(26-21-32-71-57(62)63)49(83)75-42(25-18-19-30-61)50(84)77-45(29-24-35-74-60(68)69)53(87)81-48(40(6)82)55(89)79-46(36-38(2)3)54(88)78-43(27-22-33-72-58(64)65)51(85)76-44(28-23-34-73-59(66)67)52(86)80-47(56(90)91)37-39(4)5/h38-48,70,82H,7-37,61H2,1-6H3,(H,75,83)(H,76,85)(H,77,84)(H,78,88)(H,79,89)(H,80,86)(H,81,87)(H,90,91)(H4,62,63,71)(H4,64,65,72)(H4,66,67,73)(H4,68,69,74)/t40-,41+,42+,43+,44+,45+,46+,47+,48+/m1/s1. The van der Waals surface area contributed by atoms with E-state index in [0.29, 0.717) is 38.8 Å². The van der Waals surface area contributed by atoms with E-state index in [1.165, 1.54) is 58.3 Å². The van der Waals surface area contributed by atoms with Crippen molar-refractivity contribution in [1.29, 1.82) is 0 Å². The number of nitrogens with two attached hydrogens (primary N) is 9. The van der Waals surface area contributed by atoms with Crippen LogP contribution in [-0.4, -0.2) is 175 Å². The Labute approximate surface area is 539 Å². The van der Waals surface area contributed by atoms with Gasteiger partial charge in [-0.3, -0.25) is 53.5 Å². The monoisotopic (exact) mass is 1290 g/mol. The van der Waals surface area contributed by atoms with Gasteiger partial charge in [-0.25, -0.2) is 4.79 Å². The number of carbonyl (C=O) groups is 8. The van der Waals surface area contributed by atoms with Crippen LogP contribution >= 0.6 is 0 Å². The van der Waals surface area contributed by atoms with Gasteiger partial charge in [-0.15, -0.1) is 0 Å². The quantitative estimate of drug-likeness (QED) is 0.0196. The molecular formula is C60H119N21O10. The molecule has 0 fully saturated rings. The molecule has 0 aliphatic heterocycles. The molecule has 0 aliphatic carbocycles. The molecule has 0 spiro atoms. The number of carbonyl (C=O) groups excluding carboxylic acids is 7. The summed E-state index contributed by atoms with van der Waals surface area (Å²) < 4.78 is 0. The number of hydrogen-bond donors (Lipinski definition) is 19. The van der Waals surface area contributed by atoms with Gasteiger partial charge in [0, 0.05) is 26.2 Å². The van der Waals surface area contributed by atoms with Crippen molar-refractivity contribution in [1.82, 2.24) is 42.5 Å². The van der Waals surface area contributed by atoms with Crippen LogP contribution in [-0.2, 0) is 38.4 Å². The third kappa shape index (κ3) is 42.4. The largest absolute Gasteiger partial charge is 0.480 e. The zero-order valence-electron chi connectivity index (χ0n) is 55.4. The van der Waals surface area contributed by atoms with Gasteiger partial charge in [-0.1, -0.05) is 105 Å². The Balaban J connectivity index is 6.86. The highest BCUT2D eigenvalue weighted by atomic mass is 16.4. The number of nitrogens with zero attached hydrogens (tertiary/aromatic N) is 4. The van der Waals surface area contributed by atoms with Crippen LogP contribution in [0.5, 0.6) is 0 Å². The van der Waals surface area contributed by atoms with Crippen molar-refractivity contribution in [3.8, 4) is 0 Å². The third-order valence-electron chi connectivity index (χ3n) is 14.7. The molecule has 0 rings (SSSR count). The van der Waals surface area contributed by atoms with Crippen molar-refractivity contribution in [2.45, 2.75) is 257 Å². The van der Waals surface area contributed by atoms with Crippen LogP contribution < -0.4 is 94.1 Å². The van der Waals surface area contributed by atoms with E-state index >= 15 is 0 Å². The molecule has 31 heteroatoms. The molecule has 0 aromatic carbocycles. The van der Waals surface area contributed by atoms with Gasteiger partial charge in [0.15, 0.2) is 23.8 Å². The highest BCUT2D eigenvalue weighted by Crippen LogP contribution is 2.15. The van der Waals surface area contributed by atoms with Gasteiger partial charge in [0.05, 0.1) is 12.1 Å². The Morgan fingerprint density at radius 3 is 1.00 bits per heavy atom. The Kier molecular flexibility index (Phi) is 46.3. The van der Waals surface area contributed by atoms with Crippen molar-refractivity contribution in [2.24, 2.45) is 83.4 Å². The lowest BCUT2D eigenvalue weighted by atomic mass is 10.0. The molecule has 0 aromatic rings. The summed E-state index contributed by atoms with van der Waals surface area (Å²) in [7, 11) is 0. The average Bonchev–Trinajstić information content (AvgIpc) is 1.09. The summed E-state index contributed by atoms with van der Waals surface area (Å²) in [4.78, 5) is 128. The molecular weight excluding hydrogens is 1170 g/mol. The van der Waals surface area contributed by atoms with Crippen molar-refractivity contribution >= 4 is 71.2 Å². The van der Waals surface area contributed by atoms with E-state index in [9.17, 15) is 48.6 Å². The minimum absolute atomic E-state index is 0.0184. The number of aliphatic hydroxyl groups excluding tert-OH is 1. The first-order valence-electron chi connectivity index (χ1n) is 32.8. The molecule has 9 atom stereocenters. The van der Waals surface area contributed by atoms with E-state index in [0.717, 1.165) is 25.7 Å². The van der Waals surface area contributed by atoms with E-state index < -0.39 is 102 Å². The first-order valence-corrected chi connectivity index (χ1v) is 32.8. The molecule has 0 bridgehead atoms. The lowest BCUT2D eigenvalue weighted by Crippen LogP contribution is -2.62. The maximum Gasteiger partial charge on any atom is 0.326 e. The molecule has 31 nitrogen and oxygen atoms in total. The van der Waals surface area contributed by atoms with Crippen LogP contribution in [0.4, 0.5) is 0 Å². The number of unbranched alkanes of at least 4 members (excludes halogenated alkanes) is 12. The van der Waals surface area contributed by atoms with Crippen LogP contribution in [0.3, 0.4) is 0 Å². The zero-order chi connectivity index (χ0) is 68.7. The Morgan fingerprint density at radius 1 is 0.363 bits per heavy atom.